The summed E-state index contributed by atoms with van der Waals surface area (Å²) in [7, 11) is 0. The maximum absolute atomic E-state index is 11.1. The third-order valence-corrected chi connectivity index (χ3v) is 3.38. The predicted molar refractivity (Wildman–Crippen MR) is 81.5 cm³/mol. The van der Waals surface area contributed by atoms with Gasteiger partial charge in [0.1, 0.15) is 0 Å². The number of aryl methyl sites for hydroxylation is 1. The first kappa shape index (κ1) is 14.3. The lowest BCUT2D eigenvalue weighted by atomic mass is 10.1. The summed E-state index contributed by atoms with van der Waals surface area (Å²) >= 11 is 0. The molecule has 2 aromatic carbocycles. The first-order valence-corrected chi connectivity index (χ1v) is 6.81. The SMILES string of the molecule is Cc1ccccc1CNCCc1cccc(C(N)=O)c1. The van der Waals surface area contributed by atoms with Crippen molar-refractivity contribution in [3.05, 3.63) is 70.8 Å². The lowest BCUT2D eigenvalue weighted by Gasteiger charge is -2.08. The van der Waals surface area contributed by atoms with Crippen LogP contribution in [0.3, 0.4) is 0 Å². The van der Waals surface area contributed by atoms with E-state index in [9.17, 15) is 4.79 Å². The Labute approximate surface area is 119 Å². The third-order valence-electron chi connectivity index (χ3n) is 3.38. The van der Waals surface area contributed by atoms with E-state index in [4.69, 9.17) is 5.73 Å². The maximum atomic E-state index is 11.1. The second-order valence-electron chi connectivity index (χ2n) is 4.92. The molecule has 0 aliphatic heterocycles. The van der Waals surface area contributed by atoms with Gasteiger partial charge in [0, 0.05) is 12.1 Å². The molecule has 2 rings (SSSR count). The number of primary amides is 1. The molecule has 20 heavy (non-hydrogen) atoms. The molecule has 0 radical (unpaired) electrons. The van der Waals surface area contributed by atoms with Crippen LogP contribution >= 0.6 is 0 Å². The average Bonchev–Trinajstić information content (AvgIpc) is 2.45. The fourth-order valence-corrected chi connectivity index (χ4v) is 2.14. The molecule has 104 valence electrons. The van der Waals surface area contributed by atoms with Gasteiger partial charge in [-0.25, -0.2) is 0 Å². The van der Waals surface area contributed by atoms with Crippen LogP contribution in [-0.2, 0) is 13.0 Å². The molecule has 0 atom stereocenters. The summed E-state index contributed by atoms with van der Waals surface area (Å²) in [5.41, 5.74) is 9.59. The van der Waals surface area contributed by atoms with Crippen molar-refractivity contribution in [3.63, 3.8) is 0 Å². The van der Waals surface area contributed by atoms with Gasteiger partial charge in [0.25, 0.3) is 0 Å². The van der Waals surface area contributed by atoms with Gasteiger partial charge in [0.15, 0.2) is 0 Å². The molecule has 2 aromatic rings. The van der Waals surface area contributed by atoms with Gasteiger partial charge in [0.2, 0.25) is 5.91 Å². The van der Waals surface area contributed by atoms with E-state index in [0.29, 0.717) is 5.56 Å². The van der Waals surface area contributed by atoms with Crippen LogP contribution in [0.4, 0.5) is 0 Å². The average molecular weight is 268 g/mol. The number of benzene rings is 2. The fraction of sp³-hybridized carbons (Fsp3) is 0.235. The molecule has 3 nitrogen and oxygen atoms in total. The van der Waals surface area contributed by atoms with Gasteiger partial charge in [-0.05, 0) is 48.7 Å². The first-order valence-electron chi connectivity index (χ1n) is 6.81. The van der Waals surface area contributed by atoms with Crippen LogP contribution in [0.25, 0.3) is 0 Å². The van der Waals surface area contributed by atoms with Crippen molar-refractivity contribution >= 4 is 5.91 Å². The fourth-order valence-electron chi connectivity index (χ4n) is 2.14. The van der Waals surface area contributed by atoms with Gasteiger partial charge in [-0.2, -0.15) is 0 Å². The molecule has 0 saturated heterocycles. The number of nitrogens with one attached hydrogen (secondary N) is 1. The van der Waals surface area contributed by atoms with Gasteiger partial charge in [-0.1, -0.05) is 36.4 Å². The maximum Gasteiger partial charge on any atom is 0.248 e. The second-order valence-corrected chi connectivity index (χ2v) is 4.92. The summed E-state index contributed by atoms with van der Waals surface area (Å²) in [6, 6.07) is 15.8. The van der Waals surface area contributed by atoms with Crippen LogP contribution in [0.2, 0.25) is 0 Å². The zero-order valence-corrected chi connectivity index (χ0v) is 11.7. The molecule has 3 N–H and O–H groups in total. The van der Waals surface area contributed by atoms with Crippen molar-refractivity contribution in [2.24, 2.45) is 5.73 Å². The number of carbonyl (C=O) groups excluding carboxylic acids is 1. The molecule has 0 aromatic heterocycles. The highest BCUT2D eigenvalue weighted by molar-refractivity contribution is 5.92. The number of hydrogen-bond donors (Lipinski definition) is 2. The molecule has 0 bridgehead atoms. The smallest absolute Gasteiger partial charge is 0.248 e. The van der Waals surface area contributed by atoms with Crippen molar-refractivity contribution < 1.29 is 4.79 Å². The van der Waals surface area contributed by atoms with E-state index in [-0.39, 0.29) is 5.91 Å². The van der Waals surface area contributed by atoms with Crippen LogP contribution in [0.5, 0.6) is 0 Å². The minimum Gasteiger partial charge on any atom is -0.366 e. The molecule has 0 heterocycles. The molecule has 0 aliphatic carbocycles. The van der Waals surface area contributed by atoms with Crippen molar-refractivity contribution in [1.29, 1.82) is 0 Å². The van der Waals surface area contributed by atoms with Crippen LogP contribution in [0.15, 0.2) is 48.5 Å². The van der Waals surface area contributed by atoms with Gasteiger partial charge < -0.3 is 11.1 Å². The van der Waals surface area contributed by atoms with E-state index in [1.165, 1.54) is 11.1 Å². The molecule has 1 amide bonds. The summed E-state index contributed by atoms with van der Waals surface area (Å²) < 4.78 is 0. The highest BCUT2D eigenvalue weighted by Crippen LogP contribution is 2.07. The molecule has 0 saturated carbocycles. The lowest BCUT2D eigenvalue weighted by molar-refractivity contribution is 0.1000. The summed E-state index contributed by atoms with van der Waals surface area (Å²) in [6.07, 6.45) is 0.882. The van der Waals surface area contributed by atoms with E-state index in [1.807, 2.05) is 24.3 Å². The standard InChI is InChI=1S/C17H20N2O/c1-13-5-2-3-7-16(13)12-19-10-9-14-6-4-8-15(11-14)17(18)20/h2-8,11,19H,9-10,12H2,1H3,(H2,18,20). The Balaban J connectivity index is 1.83. The molecule has 0 spiro atoms. The van der Waals surface area contributed by atoms with Crippen molar-refractivity contribution in [2.45, 2.75) is 19.9 Å². The Kier molecular flexibility index (Phi) is 4.91. The van der Waals surface area contributed by atoms with Gasteiger partial charge in [-0.15, -0.1) is 0 Å². The van der Waals surface area contributed by atoms with E-state index >= 15 is 0 Å². The zero-order valence-electron chi connectivity index (χ0n) is 11.7. The van der Waals surface area contributed by atoms with Gasteiger partial charge in [-0.3, -0.25) is 4.79 Å². The minimum absolute atomic E-state index is 0.375. The molecular formula is C17H20N2O. The van der Waals surface area contributed by atoms with Crippen molar-refractivity contribution in [1.82, 2.24) is 5.32 Å². The number of rotatable bonds is 6. The van der Waals surface area contributed by atoms with Crippen LogP contribution in [0.1, 0.15) is 27.0 Å². The third kappa shape index (κ3) is 3.93. The first-order chi connectivity index (χ1) is 9.66. The second kappa shape index (κ2) is 6.87. The number of amides is 1. The highest BCUT2D eigenvalue weighted by atomic mass is 16.1. The summed E-state index contributed by atoms with van der Waals surface area (Å²) in [5.74, 6) is -0.375. The minimum atomic E-state index is -0.375. The Morgan fingerprint density at radius 3 is 2.70 bits per heavy atom. The molecule has 0 aliphatic rings. The Morgan fingerprint density at radius 2 is 1.95 bits per heavy atom. The number of hydrogen-bond acceptors (Lipinski definition) is 2. The molecule has 3 heteroatoms. The summed E-state index contributed by atoms with van der Waals surface area (Å²) in [4.78, 5) is 11.1. The molecule has 0 unspecified atom stereocenters. The van der Waals surface area contributed by atoms with Crippen molar-refractivity contribution in [3.8, 4) is 0 Å². The van der Waals surface area contributed by atoms with E-state index in [1.54, 1.807) is 6.07 Å². The van der Waals surface area contributed by atoms with E-state index in [0.717, 1.165) is 25.1 Å². The zero-order chi connectivity index (χ0) is 14.4. The monoisotopic (exact) mass is 268 g/mol. The van der Waals surface area contributed by atoms with E-state index < -0.39 is 0 Å². The summed E-state index contributed by atoms with van der Waals surface area (Å²) in [6.45, 7) is 3.85. The quantitative estimate of drug-likeness (QED) is 0.791. The Bertz CT molecular complexity index is 593. The largest absolute Gasteiger partial charge is 0.366 e. The van der Waals surface area contributed by atoms with Gasteiger partial charge >= 0.3 is 0 Å². The predicted octanol–water partition coefficient (Wildman–Crippen LogP) is 2.43. The normalized spacial score (nSPS) is 10.4. The number of carbonyl (C=O) groups is 1. The van der Waals surface area contributed by atoms with Crippen molar-refractivity contribution in [2.75, 3.05) is 6.54 Å². The Morgan fingerprint density at radius 1 is 1.15 bits per heavy atom. The molecule has 0 fully saturated rings. The Hall–Kier alpha value is -2.13. The number of nitrogens with two attached hydrogens (primary N) is 1. The molecular weight excluding hydrogens is 248 g/mol. The summed E-state index contributed by atoms with van der Waals surface area (Å²) in [5, 5.41) is 3.42. The topological polar surface area (TPSA) is 55.1 Å². The van der Waals surface area contributed by atoms with E-state index in [2.05, 4.69) is 30.4 Å². The van der Waals surface area contributed by atoms with Crippen LogP contribution < -0.4 is 11.1 Å². The van der Waals surface area contributed by atoms with Crippen LogP contribution in [-0.4, -0.2) is 12.5 Å². The lowest BCUT2D eigenvalue weighted by Crippen LogP contribution is -2.17. The van der Waals surface area contributed by atoms with Crippen LogP contribution in [0, 0.1) is 6.92 Å². The van der Waals surface area contributed by atoms with Gasteiger partial charge in [0.05, 0.1) is 0 Å². The highest BCUT2D eigenvalue weighted by Gasteiger charge is 2.01.